The van der Waals surface area contributed by atoms with Crippen LogP contribution in [0.25, 0.3) is 5.69 Å². The number of carbonyl (C=O) groups is 1. The highest BCUT2D eigenvalue weighted by Crippen LogP contribution is 2.35. The Morgan fingerprint density at radius 3 is 2.50 bits per heavy atom. The van der Waals surface area contributed by atoms with Crippen LogP contribution in [0.1, 0.15) is 11.5 Å². The monoisotopic (exact) mass is 467 g/mol. The average Bonchev–Trinajstić information content (AvgIpc) is 3.28. The maximum atomic E-state index is 13.0. The van der Waals surface area contributed by atoms with E-state index >= 15 is 0 Å². The number of benzene rings is 3. The first-order chi connectivity index (χ1) is 16.7. The number of hydrogen-bond donors (Lipinski definition) is 2. The molecule has 1 unspecified atom stereocenters. The number of thioether (sulfide) groups is 1. The molecule has 9 heteroatoms. The molecule has 0 radical (unpaired) electrons. The fourth-order valence-electron chi connectivity index (χ4n) is 3.70. The molecular formula is C25H21N7OS. The molecule has 1 aliphatic rings. The number of amides is 1. The summed E-state index contributed by atoms with van der Waals surface area (Å²) < 4.78 is 1.61. The molecule has 5 rings (SSSR count). The molecule has 1 amide bonds. The van der Waals surface area contributed by atoms with Gasteiger partial charge in [0.1, 0.15) is 5.84 Å². The number of amidine groups is 1. The highest BCUT2D eigenvalue weighted by molar-refractivity contribution is 7.99. The van der Waals surface area contributed by atoms with E-state index in [2.05, 4.69) is 32.7 Å². The summed E-state index contributed by atoms with van der Waals surface area (Å²) in [6.45, 7) is 4.24. The molecule has 0 fully saturated rings. The number of para-hydroxylation sites is 3. The number of nitrogens with one attached hydrogen (secondary N) is 2. The number of nitrogens with zero attached hydrogens (tertiary/aromatic N) is 5. The molecule has 2 N–H and O–H groups in total. The van der Waals surface area contributed by atoms with Crippen molar-refractivity contribution in [3.05, 3.63) is 103 Å². The Morgan fingerprint density at radius 2 is 1.71 bits per heavy atom. The van der Waals surface area contributed by atoms with E-state index in [0.717, 1.165) is 28.3 Å². The van der Waals surface area contributed by atoms with Gasteiger partial charge in [-0.2, -0.15) is 4.68 Å². The second kappa shape index (κ2) is 9.72. The Kier molecular flexibility index (Phi) is 6.17. The summed E-state index contributed by atoms with van der Waals surface area (Å²) in [5.41, 5.74) is 4.11. The number of carbonyl (C=O) groups excluding carboxylic acids is 1. The van der Waals surface area contributed by atoms with Gasteiger partial charge in [-0.15, -0.1) is 5.10 Å². The zero-order valence-corrected chi connectivity index (χ0v) is 18.9. The molecular weight excluding hydrogens is 446 g/mol. The molecule has 0 saturated carbocycles. The van der Waals surface area contributed by atoms with Gasteiger partial charge in [-0.3, -0.25) is 4.79 Å². The van der Waals surface area contributed by atoms with E-state index in [1.165, 1.54) is 11.8 Å². The van der Waals surface area contributed by atoms with Crippen LogP contribution in [-0.4, -0.2) is 37.7 Å². The lowest BCUT2D eigenvalue weighted by Gasteiger charge is -2.21. The Morgan fingerprint density at radius 1 is 1.00 bits per heavy atom. The van der Waals surface area contributed by atoms with Crippen molar-refractivity contribution in [1.29, 1.82) is 0 Å². The van der Waals surface area contributed by atoms with E-state index < -0.39 is 0 Å². The molecule has 168 valence electrons. The fraction of sp³-hybridized carbons (Fsp3) is 0.0800. The highest BCUT2D eigenvalue weighted by Gasteiger charge is 2.27. The minimum absolute atomic E-state index is 0.120. The van der Waals surface area contributed by atoms with Crippen LogP contribution in [0.15, 0.2) is 107 Å². The van der Waals surface area contributed by atoms with Gasteiger partial charge >= 0.3 is 0 Å². The summed E-state index contributed by atoms with van der Waals surface area (Å²) in [7, 11) is 0. The van der Waals surface area contributed by atoms with Gasteiger partial charge < -0.3 is 10.6 Å². The van der Waals surface area contributed by atoms with Crippen LogP contribution in [0.3, 0.4) is 0 Å². The van der Waals surface area contributed by atoms with Gasteiger partial charge in [0, 0.05) is 5.70 Å². The van der Waals surface area contributed by atoms with Crippen LogP contribution in [0.4, 0.5) is 11.4 Å². The third-order valence-electron chi connectivity index (χ3n) is 5.24. The second-order valence-corrected chi connectivity index (χ2v) is 8.50. The number of aromatic nitrogens is 4. The maximum Gasteiger partial charge on any atom is 0.235 e. The first-order valence-electron chi connectivity index (χ1n) is 10.6. The lowest BCUT2D eigenvalue weighted by molar-refractivity contribution is -0.117. The molecule has 34 heavy (non-hydrogen) atoms. The van der Waals surface area contributed by atoms with Gasteiger partial charge in [0.25, 0.3) is 0 Å². The summed E-state index contributed by atoms with van der Waals surface area (Å²) >= 11 is 1.26. The van der Waals surface area contributed by atoms with Crippen LogP contribution in [-0.2, 0) is 4.79 Å². The van der Waals surface area contributed by atoms with Gasteiger partial charge in [-0.25, -0.2) is 4.99 Å². The van der Waals surface area contributed by atoms with Crippen molar-refractivity contribution in [3.63, 3.8) is 0 Å². The zero-order chi connectivity index (χ0) is 23.3. The topological polar surface area (TPSA) is 97.1 Å². The van der Waals surface area contributed by atoms with Crippen LogP contribution < -0.4 is 10.6 Å². The summed E-state index contributed by atoms with van der Waals surface area (Å²) in [4.78, 5) is 17.8. The molecule has 3 aromatic carbocycles. The van der Waals surface area contributed by atoms with Gasteiger partial charge in [-0.1, -0.05) is 79.0 Å². The number of rotatable bonds is 5. The number of anilines is 1. The summed E-state index contributed by atoms with van der Waals surface area (Å²) in [6.07, 6.45) is 0. The second-order valence-electron chi connectivity index (χ2n) is 7.55. The van der Waals surface area contributed by atoms with Crippen molar-refractivity contribution in [3.8, 4) is 5.69 Å². The minimum Gasteiger partial charge on any atom is -0.357 e. The van der Waals surface area contributed by atoms with Gasteiger partial charge in [-0.05, 0) is 40.3 Å². The van der Waals surface area contributed by atoms with Crippen LogP contribution in [0.2, 0.25) is 0 Å². The Labute approximate surface area is 200 Å². The smallest absolute Gasteiger partial charge is 0.235 e. The summed E-state index contributed by atoms with van der Waals surface area (Å²) in [6, 6.07) is 27.1. The highest BCUT2D eigenvalue weighted by atomic mass is 32.2. The number of fused-ring (bicyclic) bond motifs is 1. The molecule has 8 nitrogen and oxygen atoms in total. The lowest BCUT2D eigenvalue weighted by atomic mass is 9.94. The molecule has 1 atom stereocenters. The minimum atomic E-state index is -0.322. The number of tetrazole rings is 1. The first-order valence-corrected chi connectivity index (χ1v) is 11.6. The number of aliphatic imine (C=N–C) groups is 1. The molecule has 1 aromatic heterocycles. The lowest BCUT2D eigenvalue weighted by Crippen LogP contribution is -2.37. The van der Waals surface area contributed by atoms with Crippen molar-refractivity contribution < 1.29 is 4.79 Å². The normalized spacial score (nSPS) is 15.0. The van der Waals surface area contributed by atoms with E-state index in [1.807, 2.05) is 84.9 Å². The predicted molar refractivity (Wildman–Crippen MR) is 134 cm³/mol. The van der Waals surface area contributed by atoms with Crippen LogP contribution >= 0.6 is 11.8 Å². The molecule has 4 aromatic rings. The number of hydrogen-bond acceptors (Lipinski definition) is 7. The molecule has 0 bridgehead atoms. The fourth-order valence-corrected chi connectivity index (χ4v) is 4.39. The van der Waals surface area contributed by atoms with Gasteiger partial charge in [0.05, 0.1) is 28.7 Å². The Bertz CT molecular complexity index is 1350. The third kappa shape index (κ3) is 4.60. The average molecular weight is 468 g/mol. The van der Waals surface area contributed by atoms with Crippen LogP contribution in [0, 0.1) is 0 Å². The van der Waals surface area contributed by atoms with Crippen molar-refractivity contribution >= 4 is 34.9 Å². The Balaban J connectivity index is 1.38. The van der Waals surface area contributed by atoms with E-state index in [1.54, 1.807) is 4.68 Å². The van der Waals surface area contributed by atoms with Crippen LogP contribution in [0.5, 0.6) is 0 Å². The quantitative estimate of drug-likeness (QED) is 0.424. The maximum absolute atomic E-state index is 13.0. The molecule has 0 aliphatic carbocycles. The molecule has 2 heterocycles. The van der Waals surface area contributed by atoms with Gasteiger partial charge in [0.2, 0.25) is 11.1 Å². The molecule has 0 saturated heterocycles. The van der Waals surface area contributed by atoms with Gasteiger partial charge in [0.15, 0.2) is 0 Å². The summed E-state index contributed by atoms with van der Waals surface area (Å²) in [5.74, 6) is 0.105. The summed E-state index contributed by atoms with van der Waals surface area (Å²) in [5, 5.41) is 18.8. The predicted octanol–water partition coefficient (Wildman–Crippen LogP) is 4.32. The van der Waals surface area contributed by atoms with E-state index in [-0.39, 0.29) is 17.6 Å². The van der Waals surface area contributed by atoms with Crippen molar-refractivity contribution in [2.24, 2.45) is 4.99 Å². The van der Waals surface area contributed by atoms with E-state index in [9.17, 15) is 4.79 Å². The third-order valence-corrected chi connectivity index (χ3v) is 6.16. The standard InChI is InChI=1S/C25H21N7OS/c1-17-23(18-10-4-2-5-11-18)24(27-21-15-9-8-14-20(21)26-17)28-22(33)16-34-25-29-30-31-32(25)19-12-6-3-7-13-19/h2-15,23,26H,1,16H2,(H,27,28,33). The van der Waals surface area contributed by atoms with E-state index in [4.69, 9.17) is 4.99 Å². The molecule has 0 spiro atoms. The largest absolute Gasteiger partial charge is 0.357 e. The van der Waals surface area contributed by atoms with Crippen molar-refractivity contribution in [2.75, 3.05) is 11.1 Å². The Hall–Kier alpha value is -4.24. The van der Waals surface area contributed by atoms with Crippen molar-refractivity contribution in [1.82, 2.24) is 25.5 Å². The van der Waals surface area contributed by atoms with E-state index in [0.29, 0.717) is 11.0 Å². The zero-order valence-electron chi connectivity index (χ0n) is 18.1. The first kappa shape index (κ1) is 21.6. The van der Waals surface area contributed by atoms with Crippen molar-refractivity contribution in [2.45, 2.75) is 11.1 Å². The molecule has 1 aliphatic heterocycles. The SMILES string of the molecule is C=C1Nc2ccccc2N=C(NC(=O)CSc2nnnn2-c2ccccc2)C1c1ccccc1.